The van der Waals surface area contributed by atoms with Crippen molar-refractivity contribution in [2.75, 3.05) is 17.7 Å². The van der Waals surface area contributed by atoms with E-state index in [1.807, 2.05) is 42.5 Å². The first-order chi connectivity index (χ1) is 13.2. The maximum atomic E-state index is 12.0. The van der Waals surface area contributed by atoms with Gasteiger partial charge in [-0.2, -0.15) is 0 Å². The van der Waals surface area contributed by atoms with Crippen LogP contribution in [0.3, 0.4) is 0 Å². The summed E-state index contributed by atoms with van der Waals surface area (Å²) in [6.45, 7) is 0.360. The van der Waals surface area contributed by atoms with Crippen LogP contribution >= 0.6 is 0 Å². The highest BCUT2D eigenvalue weighted by atomic mass is 16.5. The van der Waals surface area contributed by atoms with Gasteiger partial charge in [-0.1, -0.05) is 24.3 Å². The minimum atomic E-state index is -0.307. The Bertz CT molecular complexity index is 936. The van der Waals surface area contributed by atoms with Crippen molar-refractivity contribution >= 4 is 23.2 Å². The molecule has 0 fully saturated rings. The molecule has 1 heterocycles. The summed E-state index contributed by atoms with van der Waals surface area (Å²) in [6, 6.07) is 18.1. The number of rotatable bonds is 6. The summed E-state index contributed by atoms with van der Waals surface area (Å²) in [5.41, 5.74) is 8.25. The van der Waals surface area contributed by atoms with E-state index in [-0.39, 0.29) is 17.6 Å². The minimum Gasteiger partial charge on any atom is -0.495 e. The second-order valence-electron chi connectivity index (χ2n) is 5.66. The minimum absolute atomic E-state index is 0.253. The number of methoxy groups -OCH3 is 1. The first-order valence-electron chi connectivity index (χ1n) is 8.29. The summed E-state index contributed by atoms with van der Waals surface area (Å²) in [7, 11) is 1.59. The van der Waals surface area contributed by atoms with E-state index in [0.717, 1.165) is 11.3 Å². The highest BCUT2D eigenvalue weighted by molar-refractivity contribution is 6.02. The van der Waals surface area contributed by atoms with E-state index in [2.05, 4.69) is 15.6 Å². The fourth-order valence-corrected chi connectivity index (χ4v) is 2.45. The number of amides is 1. The standard InChI is InChI=1S/C20H20N4O3/c1-26-17-9-3-2-8-16(17)24-20(21)22-13-14-6-4-7-15(12-14)23-19(25)18-10-5-11-27-18/h2-12H,13H2,1H3,(H,23,25)(H3,21,22,24). The highest BCUT2D eigenvalue weighted by Crippen LogP contribution is 2.22. The number of ether oxygens (including phenoxy) is 1. The zero-order chi connectivity index (χ0) is 19.1. The van der Waals surface area contributed by atoms with Crippen LogP contribution < -0.4 is 21.1 Å². The molecular formula is C20H20N4O3. The van der Waals surface area contributed by atoms with Crippen LogP contribution in [0.4, 0.5) is 11.4 Å². The Balaban J connectivity index is 1.63. The molecule has 0 bridgehead atoms. The van der Waals surface area contributed by atoms with Gasteiger partial charge in [0.15, 0.2) is 11.7 Å². The number of carbonyl (C=O) groups excluding carboxylic acids is 1. The van der Waals surface area contributed by atoms with E-state index >= 15 is 0 Å². The van der Waals surface area contributed by atoms with Gasteiger partial charge in [0.2, 0.25) is 0 Å². The van der Waals surface area contributed by atoms with Gasteiger partial charge in [0, 0.05) is 5.69 Å². The van der Waals surface area contributed by atoms with Gasteiger partial charge in [-0.3, -0.25) is 4.79 Å². The molecule has 0 radical (unpaired) electrons. The van der Waals surface area contributed by atoms with Crippen molar-refractivity contribution < 1.29 is 13.9 Å². The van der Waals surface area contributed by atoms with Gasteiger partial charge in [-0.25, -0.2) is 4.99 Å². The summed E-state index contributed by atoms with van der Waals surface area (Å²) in [6.07, 6.45) is 1.46. The quantitative estimate of drug-likeness (QED) is 0.459. The number of nitrogens with one attached hydrogen (secondary N) is 2. The Morgan fingerprint density at radius 1 is 1.11 bits per heavy atom. The van der Waals surface area contributed by atoms with E-state index in [4.69, 9.17) is 14.9 Å². The van der Waals surface area contributed by atoms with Gasteiger partial charge in [-0.05, 0) is 42.0 Å². The maximum absolute atomic E-state index is 12.0. The van der Waals surface area contributed by atoms with Gasteiger partial charge in [-0.15, -0.1) is 0 Å². The molecule has 0 atom stereocenters. The van der Waals surface area contributed by atoms with Crippen molar-refractivity contribution in [3.8, 4) is 5.75 Å². The lowest BCUT2D eigenvalue weighted by molar-refractivity contribution is 0.0996. The lowest BCUT2D eigenvalue weighted by Crippen LogP contribution is -2.22. The molecule has 0 aliphatic carbocycles. The van der Waals surface area contributed by atoms with Gasteiger partial charge in [0.05, 0.1) is 25.6 Å². The molecule has 2 aromatic carbocycles. The van der Waals surface area contributed by atoms with Crippen molar-refractivity contribution in [3.63, 3.8) is 0 Å². The average Bonchev–Trinajstić information content (AvgIpc) is 3.22. The topological polar surface area (TPSA) is 102 Å². The first kappa shape index (κ1) is 18.1. The molecule has 4 N–H and O–H groups in total. The summed E-state index contributed by atoms with van der Waals surface area (Å²) >= 11 is 0. The monoisotopic (exact) mass is 364 g/mol. The van der Waals surface area contributed by atoms with Gasteiger partial charge < -0.3 is 25.5 Å². The molecule has 0 saturated heterocycles. The summed E-state index contributed by atoms with van der Waals surface area (Å²) in [4.78, 5) is 16.4. The van der Waals surface area contributed by atoms with E-state index in [1.165, 1.54) is 6.26 Å². The number of nitrogens with two attached hydrogens (primary N) is 1. The first-order valence-corrected chi connectivity index (χ1v) is 8.29. The third-order valence-corrected chi connectivity index (χ3v) is 3.73. The normalized spacial score (nSPS) is 11.1. The molecular weight excluding hydrogens is 344 g/mol. The summed E-state index contributed by atoms with van der Waals surface area (Å²) in [5, 5.41) is 5.80. The van der Waals surface area contributed by atoms with Gasteiger partial charge >= 0.3 is 0 Å². The van der Waals surface area contributed by atoms with Crippen LogP contribution in [-0.2, 0) is 6.54 Å². The van der Waals surface area contributed by atoms with E-state index in [1.54, 1.807) is 25.3 Å². The van der Waals surface area contributed by atoms with Crippen LogP contribution in [0.25, 0.3) is 0 Å². The van der Waals surface area contributed by atoms with Crippen LogP contribution in [0, 0.1) is 0 Å². The number of carbonyl (C=O) groups is 1. The van der Waals surface area contributed by atoms with Crippen molar-refractivity contribution in [1.29, 1.82) is 0 Å². The van der Waals surface area contributed by atoms with Gasteiger partial charge in [0.25, 0.3) is 5.91 Å². The smallest absolute Gasteiger partial charge is 0.291 e. The molecule has 1 amide bonds. The number of nitrogens with zero attached hydrogens (tertiary/aromatic N) is 1. The van der Waals surface area contributed by atoms with Crippen LogP contribution in [0.15, 0.2) is 76.3 Å². The van der Waals surface area contributed by atoms with Crippen molar-refractivity contribution in [2.45, 2.75) is 6.54 Å². The molecule has 0 saturated carbocycles. The highest BCUT2D eigenvalue weighted by Gasteiger charge is 2.08. The zero-order valence-corrected chi connectivity index (χ0v) is 14.8. The van der Waals surface area contributed by atoms with Crippen LogP contribution in [0.5, 0.6) is 5.75 Å². The Kier molecular flexibility index (Phi) is 5.73. The van der Waals surface area contributed by atoms with Crippen LogP contribution in [0.2, 0.25) is 0 Å². The fourth-order valence-electron chi connectivity index (χ4n) is 2.45. The molecule has 3 rings (SSSR count). The Labute approximate surface area is 156 Å². The molecule has 3 aromatic rings. The van der Waals surface area contributed by atoms with Crippen LogP contribution in [-0.4, -0.2) is 19.0 Å². The third-order valence-electron chi connectivity index (χ3n) is 3.73. The lowest BCUT2D eigenvalue weighted by Gasteiger charge is -2.10. The number of guanidine groups is 1. The van der Waals surface area contributed by atoms with E-state index in [0.29, 0.717) is 18.0 Å². The fraction of sp³-hybridized carbons (Fsp3) is 0.100. The largest absolute Gasteiger partial charge is 0.495 e. The van der Waals surface area contributed by atoms with E-state index < -0.39 is 0 Å². The summed E-state index contributed by atoms with van der Waals surface area (Å²) < 4.78 is 10.4. The second kappa shape index (κ2) is 8.57. The average molecular weight is 364 g/mol. The molecule has 0 aliphatic rings. The molecule has 7 nitrogen and oxygen atoms in total. The van der Waals surface area contributed by atoms with Crippen molar-refractivity contribution in [1.82, 2.24) is 0 Å². The molecule has 0 spiro atoms. The molecule has 0 unspecified atom stereocenters. The van der Waals surface area contributed by atoms with E-state index in [9.17, 15) is 4.79 Å². The number of para-hydroxylation sites is 2. The van der Waals surface area contributed by atoms with Crippen molar-refractivity contribution in [2.24, 2.45) is 10.7 Å². The number of benzene rings is 2. The van der Waals surface area contributed by atoms with Crippen molar-refractivity contribution in [3.05, 3.63) is 78.3 Å². The molecule has 7 heteroatoms. The lowest BCUT2D eigenvalue weighted by atomic mass is 10.2. The SMILES string of the molecule is COc1ccccc1NC(N)=NCc1cccc(NC(=O)c2ccco2)c1. The van der Waals surface area contributed by atoms with Crippen LogP contribution in [0.1, 0.15) is 16.1 Å². The Hall–Kier alpha value is -3.74. The predicted octanol–water partition coefficient (Wildman–Crippen LogP) is 3.47. The predicted molar refractivity (Wildman–Crippen MR) is 105 cm³/mol. The van der Waals surface area contributed by atoms with Gasteiger partial charge in [0.1, 0.15) is 5.75 Å². The zero-order valence-electron chi connectivity index (χ0n) is 14.8. The Morgan fingerprint density at radius 3 is 2.74 bits per heavy atom. The third kappa shape index (κ3) is 4.88. The number of hydrogen-bond donors (Lipinski definition) is 3. The molecule has 27 heavy (non-hydrogen) atoms. The molecule has 1 aromatic heterocycles. The molecule has 138 valence electrons. The number of aliphatic imine (C=N–C) groups is 1. The Morgan fingerprint density at radius 2 is 1.96 bits per heavy atom. The molecule has 0 aliphatic heterocycles. The number of furan rings is 1. The second-order valence-corrected chi connectivity index (χ2v) is 5.66. The summed E-state index contributed by atoms with van der Waals surface area (Å²) in [5.74, 6) is 0.893. The maximum Gasteiger partial charge on any atom is 0.291 e. The number of hydrogen-bond acceptors (Lipinski definition) is 4. The number of anilines is 2.